The number of nitrogens with zero attached hydrogens (tertiary/aromatic N) is 2. The van der Waals surface area contributed by atoms with E-state index in [1.165, 1.54) is 6.07 Å². The van der Waals surface area contributed by atoms with Crippen molar-refractivity contribution in [3.63, 3.8) is 0 Å². The summed E-state index contributed by atoms with van der Waals surface area (Å²) in [5, 5.41) is 13.8. The number of benzene rings is 1. The van der Waals surface area contributed by atoms with Crippen LogP contribution >= 0.6 is 0 Å². The maximum Gasteiger partial charge on any atom is 0.269 e. The Labute approximate surface area is 124 Å². The molecule has 1 aliphatic rings. The lowest BCUT2D eigenvalue weighted by atomic mass is 10.0. The predicted molar refractivity (Wildman–Crippen MR) is 81.5 cm³/mol. The first-order valence-electron chi connectivity index (χ1n) is 7.30. The summed E-state index contributed by atoms with van der Waals surface area (Å²) >= 11 is 0. The van der Waals surface area contributed by atoms with E-state index < -0.39 is 0 Å². The average Bonchev–Trinajstić information content (AvgIpc) is 2.47. The van der Waals surface area contributed by atoms with Gasteiger partial charge in [-0.05, 0) is 31.4 Å². The number of amides is 1. The number of hydrogen-bond acceptors (Lipinski definition) is 4. The highest BCUT2D eigenvalue weighted by Crippen LogP contribution is 2.27. The van der Waals surface area contributed by atoms with Gasteiger partial charge in [0.1, 0.15) is 0 Å². The lowest BCUT2D eigenvalue weighted by molar-refractivity contribution is -0.384. The van der Waals surface area contributed by atoms with Gasteiger partial charge < -0.3 is 10.2 Å². The van der Waals surface area contributed by atoms with E-state index in [4.69, 9.17) is 0 Å². The number of anilines is 1. The summed E-state index contributed by atoms with van der Waals surface area (Å²) in [7, 11) is 0. The van der Waals surface area contributed by atoms with Crippen LogP contribution in [0.25, 0.3) is 0 Å². The van der Waals surface area contributed by atoms with E-state index in [-0.39, 0.29) is 22.6 Å². The van der Waals surface area contributed by atoms with E-state index in [1.807, 2.05) is 13.8 Å². The van der Waals surface area contributed by atoms with Crippen LogP contribution in [0, 0.1) is 17.0 Å². The molecule has 1 aromatic carbocycles. The van der Waals surface area contributed by atoms with Gasteiger partial charge in [-0.15, -0.1) is 0 Å². The van der Waals surface area contributed by atoms with Gasteiger partial charge in [0.2, 0.25) is 5.91 Å². The second kappa shape index (κ2) is 6.56. The molecule has 0 aliphatic carbocycles. The van der Waals surface area contributed by atoms with Crippen molar-refractivity contribution in [3.8, 4) is 0 Å². The molecule has 6 heteroatoms. The molecule has 114 valence electrons. The van der Waals surface area contributed by atoms with Crippen molar-refractivity contribution in [1.29, 1.82) is 0 Å². The Morgan fingerprint density at radius 3 is 2.90 bits per heavy atom. The zero-order valence-electron chi connectivity index (χ0n) is 12.5. The van der Waals surface area contributed by atoms with Crippen molar-refractivity contribution in [2.75, 3.05) is 18.0 Å². The van der Waals surface area contributed by atoms with Crippen LogP contribution < -0.4 is 10.2 Å². The maximum atomic E-state index is 11.5. The maximum absolute atomic E-state index is 11.5. The summed E-state index contributed by atoms with van der Waals surface area (Å²) in [6.07, 6.45) is 2.48. The van der Waals surface area contributed by atoms with Gasteiger partial charge in [-0.1, -0.05) is 6.92 Å². The van der Waals surface area contributed by atoms with Crippen molar-refractivity contribution in [2.45, 2.75) is 39.2 Å². The minimum atomic E-state index is -0.378. The van der Waals surface area contributed by atoms with Crippen LogP contribution in [0.2, 0.25) is 0 Å². The third-order valence-corrected chi connectivity index (χ3v) is 3.84. The third kappa shape index (κ3) is 3.71. The average molecular weight is 291 g/mol. The zero-order valence-corrected chi connectivity index (χ0v) is 12.5. The van der Waals surface area contributed by atoms with Crippen LogP contribution in [0.15, 0.2) is 18.2 Å². The van der Waals surface area contributed by atoms with Crippen LogP contribution in [-0.2, 0) is 4.79 Å². The molecule has 0 aromatic heterocycles. The van der Waals surface area contributed by atoms with Crippen molar-refractivity contribution >= 4 is 17.3 Å². The fourth-order valence-corrected chi connectivity index (χ4v) is 2.75. The van der Waals surface area contributed by atoms with Gasteiger partial charge in [0.15, 0.2) is 0 Å². The van der Waals surface area contributed by atoms with Crippen LogP contribution in [0.4, 0.5) is 11.4 Å². The van der Waals surface area contributed by atoms with Crippen LogP contribution in [0.5, 0.6) is 0 Å². The molecule has 1 aliphatic heterocycles. The molecule has 0 radical (unpaired) electrons. The van der Waals surface area contributed by atoms with Gasteiger partial charge in [-0.3, -0.25) is 14.9 Å². The predicted octanol–water partition coefficient (Wildman–Crippen LogP) is 2.40. The Bertz CT molecular complexity index is 545. The fraction of sp³-hybridized carbons (Fsp3) is 0.533. The molecule has 1 atom stereocenters. The van der Waals surface area contributed by atoms with Gasteiger partial charge in [0.25, 0.3) is 5.69 Å². The molecule has 2 rings (SSSR count). The quantitative estimate of drug-likeness (QED) is 0.682. The third-order valence-electron chi connectivity index (χ3n) is 3.84. The van der Waals surface area contributed by atoms with E-state index in [0.29, 0.717) is 6.42 Å². The minimum absolute atomic E-state index is 0.0715. The van der Waals surface area contributed by atoms with Crippen molar-refractivity contribution in [3.05, 3.63) is 33.9 Å². The highest BCUT2D eigenvalue weighted by atomic mass is 16.6. The van der Waals surface area contributed by atoms with Crippen LogP contribution in [0.3, 0.4) is 0 Å². The molecule has 0 spiro atoms. The molecular weight excluding hydrogens is 270 g/mol. The smallest absolute Gasteiger partial charge is 0.269 e. The molecule has 0 unspecified atom stereocenters. The Balaban J connectivity index is 2.10. The molecule has 1 amide bonds. The standard InChI is InChI=1S/C15H21N3O3/c1-3-15(19)16-12-5-4-8-17(10-12)14-7-6-13(18(20)21)9-11(14)2/h6-7,9,12H,3-5,8,10H2,1-2H3,(H,16,19)/t12-/m0/s1. The molecule has 6 nitrogen and oxygen atoms in total. The normalized spacial score (nSPS) is 18.4. The van der Waals surface area contributed by atoms with Crippen molar-refractivity contribution in [2.24, 2.45) is 0 Å². The van der Waals surface area contributed by atoms with Gasteiger partial charge >= 0.3 is 0 Å². The highest BCUT2D eigenvalue weighted by molar-refractivity contribution is 5.76. The Morgan fingerprint density at radius 2 is 2.29 bits per heavy atom. The van der Waals surface area contributed by atoms with E-state index in [1.54, 1.807) is 12.1 Å². The monoisotopic (exact) mass is 291 g/mol. The number of hydrogen-bond donors (Lipinski definition) is 1. The molecular formula is C15H21N3O3. The number of non-ortho nitro benzene ring substituents is 1. The first kappa shape index (κ1) is 15.3. The van der Waals surface area contributed by atoms with Crippen molar-refractivity contribution < 1.29 is 9.72 Å². The van der Waals surface area contributed by atoms with Gasteiger partial charge in [0, 0.05) is 43.4 Å². The Kier molecular flexibility index (Phi) is 4.77. The lowest BCUT2D eigenvalue weighted by Crippen LogP contribution is -2.47. The zero-order chi connectivity index (χ0) is 15.4. The Morgan fingerprint density at radius 1 is 1.52 bits per heavy atom. The number of piperidine rings is 1. The first-order chi connectivity index (χ1) is 10.0. The number of nitro benzene ring substituents is 1. The SMILES string of the molecule is CCC(=O)N[C@H]1CCCN(c2ccc([N+](=O)[O-])cc2C)C1. The topological polar surface area (TPSA) is 75.5 Å². The largest absolute Gasteiger partial charge is 0.369 e. The summed E-state index contributed by atoms with van der Waals surface area (Å²) in [5.41, 5.74) is 2.02. The number of nitrogens with one attached hydrogen (secondary N) is 1. The summed E-state index contributed by atoms with van der Waals surface area (Å²) < 4.78 is 0. The summed E-state index contributed by atoms with van der Waals surface area (Å²) in [6, 6.07) is 5.10. The fourth-order valence-electron chi connectivity index (χ4n) is 2.75. The first-order valence-corrected chi connectivity index (χ1v) is 7.30. The highest BCUT2D eigenvalue weighted by Gasteiger charge is 2.22. The van der Waals surface area contributed by atoms with E-state index >= 15 is 0 Å². The number of nitro groups is 1. The second-order valence-electron chi connectivity index (χ2n) is 5.43. The molecule has 1 fully saturated rings. The van der Waals surface area contributed by atoms with Crippen LogP contribution in [0.1, 0.15) is 31.7 Å². The number of rotatable bonds is 4. The lowest BCUT2D eigenvalue weighted by Gasteiger charge is -2.35. The Hall–Kier alpha value is -2.11. The minimum Gasteiger partial charge on any atom is -0.369 e. The second-order valence-corrected chi connectivity index (χ2v) is 5.43. The molecule has 1 heterocycles. The molecule has 0 bridgehead atoms. The number of carbonyl (C=O) groups is 1. The van der Waals surface area contributed by atoms with E-state index in [0.717, 1.165) is 37.2 Å². The van der Waals surface area contributed by atoms with Gasteiger partial charge in [-0.25, -0.2) is 0 Å². The van der Waals surface area contributed by atoms with Gasteiger partial charge in [-0.2, -0.15) is 0 Å². The summed E-state index contributed by atoms with van der Waals surface area (Å²) in [4.78, 5) is 24.1. The van der Waals surface area contributed by atoms with Crippen LogP contribution in [-0.4, -0.2) is 30.0 Å². The van der Waals surface area contributed by atoms with E-state index in [2.05, 4.69) is 10.2 Å². The molecule has 21 heavy (non-hydrogen) atoms. The van der Waals surface area contributed by atoms with Gasteiger partial charge in [0.05, 0.1) is 4.92 Å². The summed E-state index contributed by atoms with van der Waals surface area (Å²) in [6.45, 7) is 5.40. The summed E-state index contributed by atoms with van der Waals surface area (Å²) in [5.74, 6) is 0.0715. The molecule has 0 saturated carbocycles. The number of carbonyl (C=O) groups excluding carboxylic acids is 1. The molecule has 1 aromatic rings. The van der Waals surface area contributed by atoms with E-state index in [9.17, 15) is 14.9 Å². The van der Waals surface area contributed by atoms with Crippen molar-refractivity contribution in [1.82, 2.24) is 5.32 Å². The molecule has 1 saturated heterocycles. The molecule has 1 N–H and O–H groups in total. The number of aryl methyl sites for hydroxylation is 1.